The molecule has 0 fully saturated rings. The third-order valence-electron chi connectivity index (χ3n) is 2.55. The van der Waals surface area contributed by atoms with E-state index in [0.717, 1.165) is 18.8 Å². The van der Waals surface area contributed by atoms with E-state index in [1.807, 2.05) is 0 Å². The predicted octanol–water partition coefficient (Wildman–Crippen LogP) is 2.35. The van der Waals surface area contributed by atoms with Gasteiger partial charge in [0.2, 0.25) is 0 Å². The lowest BCUT2D eigenvalue weighted by Crippen LogP contribution is -2.12. The Hall–Kier alpha value is -1.53. The first-order valence-corrected chi connectivity index (χ1v) is 6.90. The van der Waals surface area contributed by atoms with E-state index in [2.05, 4.69) is 33.7 Å². The maximum atomic E-state index is 5.46. The zero-order chi connectivity index (χ0) is 13.0. The van der Waals surface area contributed by atoms with Crippen LogP contribution in [0, 0.1) is 0 Å². The van der Waals surface area contributed by atoms with Gasteiger partial charge in [-0.25, -0.2) is 9.97 Å². The molecule has 2 rings (SSSR count). The van der Waals surface area contributed by atoms with Gasteiger partial charge in [0.25, 0.3) is 0 Å². The largest absolute Gasteiger partial charge is 0.388 e. The number of nitrogens with one attached hydrogen (secondary N) is 1. The molecule has 0 saturated carbocycles. The number of nitrogens with zero attached hydrogens (tertiary/aromatic N) is 2. The summed E-state index contributed by atoms with van der Waals surface area (Å²) in [6.45, 7) is 2.92. The van der Waals surface area contributed by atoms with Crippen LogP contribution in [0.5, 0.6) is 0 Å². The lowest BCUT2D eigenvalue weighted by Gasteiger charge is -2.05. The van der Waals surface area contributed by atoms with Gasteiger partial charge in [-0.3, -0.25) is 0 Å². The van der Waals surface area contributed by atoms with Crippen molar-refractivity contribution in [2.45, 2.75) is 19.9 Å². The molecule has 0 radical (unpaired) electrons. The molecule has 0 aliphatic rings. The van der Waals surface area contributed by atoms with Crippen molar-refractivity contribution in [2.24, 2.45) is 5.73 Å². The molecule has 0 bridgehead atoms. The highest BCUT2D eigenvalue weighted by molar-refractivity contribution is 7.80. The van der Waals surface area contributed by atoms with Crippen LogP contribution in [-0.4, -0.2) is 15.0 Å². The van der Waals surface area contributed by atoms with Crippen molar-refractivity contribution in [1.82, 2.24) is 9.97 Å². The molecule has 94 valence electrons. The first-order chi connectivity index (χ1) is 8.70. The number of aromatic nitrogens is 2. The van der Waals surface area contributed by atoms with Crippen LogP contribution in [-0.2, 0) is 13.0 Å². The average Bonchev–Trinajstić information content (AvgIpc) is 2.84. The molecule has 0 spiro atoms. The lowest BCUT2D eigenvalue weighted by molar-refractivity contribution is 1.05. The summed E-state index contributed by atoms with van der Waals surface area (Å²) in [4.78, 5) is 9.95. The van der Waals surface area contributed by atoms with Crippen LogP contribution < -0.4 is 11.1 Å². The van der Waals surface area contributed by atoms with Crippen LogP contribution in [0.1, 0.15) is 23.1 Å². The summed E-state index contributed by atoms with van der Waals surface area (Å²) >= 11 is 6.57. The molecule has 0 unspecified atom stereocenters. The molecule has 0 aliphatic heterocycles. The number of thiocarbonyl (C=S) groups is 1. The van der Waals surface area contributed by atoms with Gasteiger partial charge in [-0.15, -0.1) is 11.3 Å². The van der Waals surface area contributed by atoms with Crippen LogP contribution >= 0.6 is 23.6 Å². The highest BCUT2D eigenvalue weighted by Crippen LogP contribution is 2.18. The molecule has 0 aromatic carbocycles. The highest BCUT2D eigenvalue weighted by Gasteiger charge is 2.03. The Bertz CT molecular complexity index is 533. The second kappa shape index (κ2) is 5.88. The van der Waals surface area contributed by atoms with Crippen molar-refractivity contribution in [2.75, 3.05) is 5.32 Å². The lowest BCUT2D eigenvalue weighted by atomic mass is 10.2. The summed E-state index contributed by atoms with van der Waals surface area (Å²) < 4.78 is 0. The Labute approximate surface area is 115 Å². The quantitative estimate of drug-likeness (QED) is 0.822. The molecule has 0 amide bonds. The summed E-state index contributed by atoms with van der Waals surface area (Å²) in [5, 5.41) is 5.35. The maximum Gasteiger partial charge on any atom is 0.144 e. The molecule has 6 heteroatoms. The van der Waals surface area contributed by atoms with Crippen molar-refractivity contribution >= 4 is 34.4 Å². The molecule has 2 aromatic rings. The van der Waals surface area contributed by atoms with Gasteiger partial charge in [0, 0.05) is 4.88 Å². The maximum absolute atomic E-state index is 5.46. The van der Waals surface area contributed by atoms with Gasteiger partial charge in [0.1, 0.15) is 16.5 Å². The van der Waals surface area contributed by atoms with E-state index in [0.29, 0.717) is 5.69 Å². The van der Waals surface area contributed by atoms with Crippen LogP contribution in [0.25, 0.3) is 0 Å². The highest BCUT2D eigenvalue weighted by atomic mass is 32.1. The van der Waals surface area contributed by atoms with Crippen LogP contribution in [0.3, 0.4) is 0 Å². The van der Waals surface area contributed by atoms with E-state index in [1.165, 1.54) is 10.4 Å². The number of aryl methyl sites for hydroxylation is 1. The minimum absolute atomic E-state index is 0.264. The summed E-state index contributed by atoms with van der Waals surface area (Å²) in [7, 11) is 0. The van der Waals surface area contributed by atoms with E-state index in [-0.39, 0.29) is 4.99 Å². The zero-order valence-electron chi connectivity index (χ0n) is 10.0. The first-order valence-electron chi connectivity index (χ1n) is 5.61. The molecular weight excluding hydrogens is 264 g/mol. The molecule has 2 aromatic heterocycles. The third-order valence-corrected chi connectivity index (χ3v) is 3.73. The number of hydrogen-bond acceptors (Lipinski definition) is 5. The zero-order valence-corrected chi connectivity index (χ0v) is 11.6. The van der Waals surface area contributed by atoms with Gasteiger partial charge >= 0.3 is 0 Å². The minimum Gasteiger partial charge on any atom is -0.388 e. The fourth-order valence-corrected chi connectivity index (χ4v) is 2.58. The Morgan fingerprint density at radius 3 is 2.89 bits per heavy atom. The van der Waals surface area contributed by atoms with Crippen LogP contribution in [0.4, 0.5) is 5.82 Å². The van der Waals surface area contributed by atoms with Crippen molar-refractivity contribution in [3.05, 3.63) is 40.0 Å². The van der Waals surface area contributed by atoms with Crippen LogP contribution in [0.15, 0.2) is 23.8 Å². The molecule has 3 N–H and O–H groups in total. The Morgan fingerprint density at radius 2 is 2.28 bits per heavy atom. The third kappa shape index (κ3) is 3.02. The fraction of sp³-hybridized carbons (Fsp3) is 0.250. The summed E-state index contributed by atoms with van der Waals surface area (Å²) in [6.07, 6.45) is 4.28. The number of thiophene rings is 1. The molecule has 2 heterocycles. The Balaban J connectivity index is 2.00. The van der Waals surface area contributed by atoms with E-state index in [9.17, 15) is 0 Å². The van der Waals surface area contributed by atoms with Crippen LogP contribution in [0.2, 0.25) is 0 Å². The second-order valence-corrected chi connectivity index (χ2v) is 5.17. The Morgan fingerprint density at radius 1 is 1.44 bits per heavy atom. The summed E-state index contributed by atoms with van der Waals surface area (Å²) in [5.74, 6) is 0.727. The molecule has 0 aliphatic carbocycles. The number of nitrogens with two attached hydrogens (primary N) is 1. The minimum atomic E-state index is 0.264. The van der Waals surface area contributed by atoms with E-state index in [1.54, 1.807) is 23.7 Å². The molecule has 0 saturated heterocycles. The normalized spacial score (nSPS) is 10.3. The van der Waals surface area contributed by atoms with Gasteiger partial charge in [0.15, 0.2) is 0 Å². The van der Waals surface area contributed by atoms with Crippen molar-refractivity contribution in [3.63, 3.8) is 0 Å². The summed E-state index contributed by atoms with van der Waals surface area (Å²) in [6, 6.07) is 2.16. The topological polar surface area (TPSA) is 63.8 Å². The van der Waals surface area contributed by atoms with Gasteiger partial charge in [-0.05, 0) is 23.4 Å². The summed E-state index contributed by atoms with van der Waals surface area (Å²) in [5.41, 5.74) is 7.38. The monoisotopic (exact) mass is 278 g/mol. The molecule has 4 nitrogen and oxygen atoms in total. The number of anilines is 1. The number of rotatable bonds is 5. The van der Waals surface area contributed by atoms with Crippen molar-refractivity contribution in [1.29, 1.82) is 0 Å². The van der Waals surface area contributed by atoms with Gasteiger partial charge in [-0.2, -0.15) is 0 Å². The number of hydrogen-bond donors (Lipinski definition) is 2. The average molecular weight is 278 g/mol. The van der Waals surface area contributed by atoms with E-state index < -0.39 is 0 Å². The van der Waals surface area contributed by atoms with E-state index >= 15 is 0 Å². The standard InChI is InChI=1S/C12H14N4S2/c1-2-8-3-4-18-10(8)6-16-11-7-14-9(5-15-11)12(13)17/h3-5,7H,2,6H2,1H3,(H2,13,17)(H,15,16). The molecule has 18 heavy (non-hydrogen) atoms. The SMILES string of the molecule is CCc1ccsc1CNc1cnc(C(N)=S)cn1. The Kier molecular flexibility index (Phi) is 4.22. The fourth-order valence-electron chi connectivity index (χ4n) is 1.55. The smallest absolute Gasteiger partial charge is 0.144 e. The predicted molar refractivity (Wildman–Crippen MR) is 78.9 cm³/mol. The van der Waals surface area contributed by atoms with Gasteiger partial charge in [-0.1, -0.05) is 19.1 Å². The van der Waals surface area contributed by atoms with Gasteiger partial charge in [0.05, 0.1) is 18.9 Å². The van der Waals surface area contributed by atoms with E-state index in [4.69, 9.17) is 18.0 Å². The van der Waals surface area contributed by atoms with Crippen molar-refractivity contribution < 1.29 is 0 Å². The molecule has 0 atom stereocenters. The second-order valence-electron chi connectivity index (χ2n) is 3.73. The first kappa shape index (κ1) is 12.9. The van der Waals surface area contributed by atoms with Crippen molar-refractivity contribution in [3.8, 4) is 0 Å². The molecular formula is C12H14N4S2. The van der Waals surface area contributed by atoms with Gasteiger partial charge < -0.3 is 11.1 Å².